The number of nitrogens with zero attached hydrogens (tertiary/aromatic N) is 1. The molecule has 4 nitrogen and oxygen atoms in total. The molecular formula is C14H20BrN3O. The largest absolute Gasteiger partial charge is 0.376 e. The van der Waals surface area contributed by atoms with Gasteiger partial charge in [-0.1, -0.05) is 22.4 Å². The van der Waals surface area contributed by atoms with Crippen molar-refractivity contribution in [2.45, 2.75) is 25.3 Å². The third-order valence-electron chi connectivity index (χ3n) is 3.33. The average Bonchev–Trinajstić information content (AvgIpc) is 2.39. The maximum absolute atomic E-state index is 12.2. The lowest BCUT2D eigenvalue weighted by atomic mass is 10.0. The summed E-state index contributed by atoms with van der Waals surface area (Å²) in [6.07, 6.45) is 3.19. The Hall–Kier alpha value is -1.07. The molecule has 1 aliphatic rings. The highest BCUT2D eigenvalue weighted by Gasteiger charge is 2.21. The van der Waals surface area contributed by atoms with Crippen molar-refractivity contribution in [1.82, 2.24) is 5.32 Å². The second-order valence-corrected chi connectivity index (χ2v) is 5.96. The van der Waals surface area contributed by atoms with Crippen LogP contribution < -0.4 is 15.5 Å². The number of hydrogen-bond acceptors (Lipinski definition) is 3. The molecule has 5 heteroatoms. The van der Waals surface area contributed by atoms with E-state index in [0.717, 1.165) is 41.7 Å². The summed E-state index contributed by atoms with van der Waals surface area (Å²) in [5.41, 5.74) is 1.85. The number of halogens is 1. The van der Waals surface area contributed by atoms with Crippen molar-refractivity contribution >= 4 is 33.2 Å². The van der Waals surface area contributed by atoms with E-state index in [-0.39, 0.29) is 11.9 Å². The molecule has 1 saturated heterocycles. The smallest absolute Gasteiger partial charge is 0.241 e. The number of carbonyl (C=O) groups excluding carboxylic acids is 1. The molecule has 0 spiro atoms. The van der Waals surface area contributed by atoms with Gasteiger partial charge in [0, 0.05) is 18.6 Å². The molecular weight excluding hydrogens is 306 g/mol. The molecule has 1 aromatic carbocycles. The summed E-state index contributed by atoms with van der Waals surface area (Å²) in [5, 5.41) is 6.29. The van der Waals surface area contributed by atoms with Crippen LogP contribution >= 0.6 is 15.9 Å². The van der Waals surface area contributed by atoms with E-state index in [2.05, 4.69) is 26.6 Å². The van der Waals surface area contributed by atoms with Crippen molar-refractivity contribution in [3.63, 3.8) is 0 Å². The van der Waals surface area contributed by atoms with Crippen molar-refractivity contribution in [2.75, 3.05) is 30.9 Å². The zero-order chi connectivity index (χ0) is 13.8. The average molecular weight is 326 g/mol. The number of nitrogens with one attached hydrogen (secondary N) is 2. The topological polar surface area (TPSA) is 44.4 Å². The van der Waals surface area contributed by atoms with Crippen molar-refractivity contribution in [2.24, 2.45) is 0 Å². The SMILES string of the molecule is CN(C)c1ccc(Br)cc1NC(=O)C1CCCCN1. The van der Waals surface area contributed by atoms with E-state index in [0.29, 0.717) is 0 Å². The quantitative estimate of drug-likeness (QED) is 0.897. The van der Waals surface area contributed by atoms with E-state index in [1.165, 1.54) is 0 Å². The summed E-state index contributed by atoms with van der Waals surface area (Å²) >= 11 is 3.45. The van der Waals surface area contributed by atoms with Crippen LogP contribution in [0.2, 0.25) is 0 Å². The molecule has 104 valence electrons. The molecule has 2 N–H and O–H groups in total. The minimum atomic E-state index is -0.0669. The van der Waals surface area contributed by atoms with Gasteiger partial charge in [-0.15, -0.1) is 0 Å². The van der Waals surface area contributed by atoms with Gasteiger partial charge in [0.1, 0.15) is 0 Å². The number of carbonyl (C=O) groups is 1. The highest BCUT2D eigenvalue weighted by Crippen LogP contribution is 2.28. The van der Waals surface area contributed by atoms with Gasteiger partial charge in [0.05, 0.1) is 17.4 Å². The van der Waals surface area contributed by atoms with E-state index >= 15 is 0 Å². The summed E-state index contributed by atoms with van der Waals surface area (Å²) in [5.74, 6) is 0.0564. The highest BCUT2D eigenvalue weighted by molar-refractivity contribution is 9.10. The second-order valence-electron chi connectivity index (χ2n) is 5.05. The molecule has 19 heavy (non-hydrogen) atoms. The zero-order valence-electron chi connectivity index (χ0n) is 11.4. The standard InChI is InChI=1S/C14H20BrN3O/c1-18(2)13-7-6-10(15)9-12(13)17-14(19)11-5-3-4-8-16-11/h6-7,9,11,16H,3-5,8H2,1-2H3,(H,17,19). The van der Waals surface area contributed by atoms with E-state index < -0.39 is 0 Å². The molecule has 1 aliphatic heterocycles. The molecule has 1 fully saturated rings. The fourth-order valence-corrected chi connectivity index (χ4v) is 2.65. The predicted molar refractivity (Wildman–Crippen MR) is 82.7 cm³/mol. The van der Waals surface area contributed by atoms with Gasteiger partial charge in [-0.25, -0.2) is 0 Å². The fraction of sp³-hybridized carbons (Fsp3) is 0.500. The minimum Gasteiger partial charge on any atom is -0.376 e. The fourth-order valence-electron chi connectivity index (χ4n) is 2.29. The molecule has 1 heterocycles. The summed E-state index contributed by atoms with van der Waals surface area (Å²) in [6.45, 7) is 0.928. The molecule has 1 atom stereocenters. The van der Waals surface area contributed by atoms with Gasteiger partial charge in [0.25, 0.3) is 0 Å². The van der Waals surface area contributed by atoms with Crippen LogP contribution in [0.5, 0.6) is 0 Å². The van der Waals surface area contributed by atoms with Gasteiger partial charge in [0.15, 0.2) is 0 Å². The Bertz CT molecular complexity index is 456. The molecule has 2 rings (SSSR count). The van der Waals surface area contributed by atoms with Crippen LogP contribution in [0.3, 0.4) is 0 Å². The first kappa shape index (κ1) is 14.3. The molecule has 0 aliphatic carbocycles. The van der Waals surface area contributed by atoms with Crippen LogP contribution in [0.4, 0.5) is 11.4 Å². The van der Waals surface area contributed by atoms with Gasteiger partial charge in [0.2, 0.25) is 5.91 Å². The predicted octanol–water partition coefficient (Wildman–Crippen LogP) is 2.60. The van der Waals surface area contributed by atoms with Crippen LogP contribution in [0.15, 0.2) is 22.7 Å². The lowest BCUT2D eigenvalue weighted by molar-refractivity contribution is -0.118. The van der Waals surface area contributed by atoms with Gasteiger partial charge in [-0.3, -0.25) is 4.79 Å². The van der Waals surface area contributed by atoms with E-state index in [1.807, 2.05) is 37.2 Å². The second kappa shape index (κ2) is 6.39. The summed E-state index contributed by atoms with van der Waals surface area (Å²) < 4.78 is 0.963. The van der Waals surface area contributed by atoms with Crippen molar-refractivity contribution in [3.05, 3.63) is 22.7 Å². The van der Waals surface area contributed by atoms with Crippen LogP contribution in [0.25, 0.3) is 0 Å². The third-order valence-corrected chi connectivity index (χ3v) is 3.82. The Morgan fingerprint density at radius 3 is 2.84 bits per heavy atom. The van der Waals surface area contributed by atoms with Crippen LogP contribution in [0, 0.1) is 0 Å². The summed E-state index contributed by atoms with van der Waals surface area (Å²) in [4.78, 5) is 14.2. The first-order valence-corrected chi connectivity index (χ1v) is 7.38. The maximum Gasteiger partial charge on any atom is 0.241 e. The Balaban J connectivity index is 2.13. The van der Waals surface area contributed by atoms with Gasteiger partial charge in [-0.05, 0) is 37.6 Å². The van der Waals surface area contributed by atoms with E-state index in [1.54, 1.807) is 0 Å². The normalized spacial score (nSPS) is 19.0. The minimum absolute atomic E-state index is 0.0564. The number of amides is 1. The molecule has 0 aromatic heterocycles. The number of rotatable bonds is 3. The summed E-state index contributed by atoms with van der Waals surface area (Å²) in [7, 11) is 3.94. The Labute approximate surface area is 122 Å². The molecule has 1 aromatic rings. The molecule has 0 saturated carbocycles. The summed E-state index contributed by atoms with van der Waals surface area (Å²) in [6, 6.07) is 5.84. The van der Waals surface area contributed by atoms with Crippen LogP contribution in [-0.2, 0) is 4.79 Å². The van der Waals surface area contributed by atoms with E-state index in [9.17, 15) is 4.79 Å². The molecule has 1 amide bonds. The van der Waals surface area contributed by atoms with Crippen LogP contribution in [-0.4, -0.2) is 32.6 Å². The number of hydrogen-bond donors (Lipinski definition) is 2. The lowest BCUT2D eigenvalue weighted by Crippen LogP contribution is -2.43. The Morgan fingerprint density at radius 1 is 1.42 bits per heavy atom. The first-order chi connectivity index (χ1) is 9.08. The van der Waals surface area contributed by atoms with Gasteiger partial charge in [-0.2, -0.15) is 0 Å². The Kier molecular flexibility index (Phi) is 4.82. The zero-order valence-corrected chi connectivity index (χ0v) is 13.0. The number of piperidine rings is 1. The molecule has 0 bridgehead atoms. The lowest BCUT2D eigenvalue weighted by Gasteiger charge is -2.24. The van der Waals surface area contributed by atoms with Gasteiger partial charge < -0.3 is 15.5 Å². The van der Waals surface area contributed by atoms with Crippen molar-refractivity contribution in [1.29, 1.82) is 0 Å². The molecule has 0 radical (unpaired) electrons. The van der Waals surface area contributed by atoms with Crippen molar-refractivity contribution in [3.8, 4) is 0 Å². The molecule has 1 unspecified atom stereocenters. The van der Waals surface area contributed by atoms with Crippen molar-refractivity contribution < 1.29 is 4.79 Å². The van der Waals surface area contributed by atoms with E-state index in [4.69, 9.17) is 0 Å². The Morgan fingerprint density at radius 2 is 2.21 bits per heavy atom. The highest BCUT2D eigenvalue weighted by atomic mass is 79.9. The monoisotopic (exact) mass is 325 g/mol. The number of benzene rings is 1. The maximum atomic E-state index is 12.2. The number of anilines is 2. The van der Waals surface area contributed by atoms with Crippen LogP contribution in [0.1, 0.15) is 19.3 Å². The van der Waals surface area contributed by atoms with Gasteiger partial charge >= 0.3 is 0 Å². The third kappa shape index (κ3) is 3.70. The first-order valence-electron chi connectivity index (χ1n) is 6.59.